The largest absolute Gasteiger partial charge is 0.379 e. The Morgan fingerprint density at radius 2 is 2.00 bits per heavy atom. The predicted octanol–water partition coefficient (Wildman–Crippen LogP) is 1.55. The molecule has 0 radical (unpaired) electrons. The summed E-state index contributed by atoms with van der Waals surface area (Å²) in [7, 11) is 0. The molecule has 0 spiro atoms. The van der Waals surface area contributed by atoms with Gasteiger partial charge in [0.25, 0.3) is 0 Å². The summed E-state index contributed by atoms with van der Waals surface area (Å²) in [5.74, 6) is -0.500. The number of ether oxygens (including phenoxy) is 1. The number of thiazole rings is 1. The first-order valence-corrected chi connectivity index (χ1v) is 9.41. The lowest BCUT2D eigenvalue weighted by molar-refractivity contribution is -0.122. The summed E-state index contributed by atoms with van der Waals surface area (Å²) in [5.41, 5.74) is 1.72. The van der Waals surface area contributed by atoms with Crippen molar-refractivity contribution in [2.75, 3.05) is 32.8 Å². The van der Waals surface area contributed by atoms with E-state index in [0.717, 1.165) is 35.7 Å². The maximum absolute atomic E-state index is 13.3. The van der Waals surface area contributed by atoms with E-state index in [1.54, 1.807) is 24.4 Å². The third-order valence-corrected chi connectivity index (χ3v) is 5.39. The van der Waals surface area contributed by atoms with E-state index in [0.29, 0.717) is 19.8 Å². The molecule has 2 aromatic rings. The van der Waals surface area contributed by atoms with Gasteiger partial charge in [0, 0.05) is 30.7 Å². The van der Waals surface area contributed by atoms with Gasteiger partial charge in [0.15, 0.2) is 0 Å². The molecule has 6 nitrogen and oxygen atoms in total. The van der Waals surface area contributed by atoms with Gasteiger partial charge in [-0.2, -0.15) is 0 Å². The molecule has 1 atom stereocenters. The molecule has 140 valence electrons. The highest BCUT2D eigenvalue weighted by molar-refractivity contribution is 7.07. The normalized spacial score (nSPS) is 16.4. The second kappa shape index (κ2) is 8.57. The molecule has 1 N–H and O–H groups in total. The summed E-state index contributed by atoms with van der Waals surface area (Å²) in [4.78, 5) is 26.2. The number of nitrogens with zero attached hydrogens (tertiary/aromatic N) is 2. The minimum absolute atomic E-state index is 0.00736. The first-order valence-electron chi connectivity index (χ1n) is 8.53. The minimum atomic E-state index is -0.286. The van der Waals surface area contributed by atoms with E-state index < -0.39 is 0 Å². The van der Waals surface area contributed by atoms with Gasteiger partial charge in [0.2, 0.25) is 5.91 Å². The molecule has 3 rings (SSSR count). The maximum Gasteiger partial charge on any atom is 0.307 e. The minimum Gasteiger partial charge on any atom is -0.379 e. The van der Waals surface area contributed by atoms with Crippen LogP contribution in [0.3, 0.4) is 0 Å². The zero-order chi connectivity index (χ0) is 18.5. The Bertz CT molecular complexity index is 797. The second-order valence-corrected chi connectivity index (χ2v) is 7.07. The van der Waals surface area contributed by atoms with Crippen molar-refractivity contribution < 1.29 is 13.9 Å². The number of aromatic nitrogens is 1. The standard InChI is InChI=1S/C18H22FN3O3S/c1-13-12-26-18(24)22(13)11-17(23)20-10-16(21-6-8-25-9-7-21)14-2-4-15(19)5-3-14/h2-5,12,16H,6-11H2,1H3,(H,20,23)/t16-/m1/s1. The Morgan fingerprint density at radius 1 is 1.31 bits per heavy atom. The summed E-state index contributed by atoms with van der Waals surface area (Å²) in [6.07, 6.45) is 0. The van der Waals surface area contributed by atoms with Gasteiger partial charge >= 0.3 is 4.87 Å². The van der Waals surface area contributed by atoms with Crippen LogP contribution in [-0.4, -0.2) is 48.2 Å². The van der Waals surface area contributed by atoms with Gasteiger partial charge in [0.1, 0.15) is 12.4 Å². The third-order valence-electron chi connectivity index (χ3n) is 4.51. The highest BCUT2D eigenvalue weighted by Crippen LogP contribution is 2.21. The molecular weight excluding hydrogens is 357 g/mol. The molecule has 1 aliphatic rings. The molecule has 0 aliphatic carbocycles. The molecular formula is C18H22FN3O3S. The van der Waals surface area contributed by atoms with Crippen molar-refractivity contribution in [2.24, 2.45) is 0 Å². The molecule has 1 aliphatic heterocycles. The van der Waals surface area contributed by atoms with Crippen LogP contribution in [0.25, 0.3) is 0 Å². The van der Waals surface area contributed by atoms with E-state index >= 15 is 0 Å². The van der Waals surface area contributed by atoms with Crippen LogP contribution < -0.4 is 10.2 Å². The van der Waals surface area contributed by atoms with Crippen LogP contribution in [0.15, 0.2) is 34.4 Å². The summed E-state index contributed by atoms with van der Waals surface area (Å²) < 4.78 is 20.1. The fourth-order valence-electron chi connectivity index (χ4n) is 3.04. The number of rotatable bonds is 6. The van der Waals surface area contributed by atoms with Crippen molar-refractivity contribution in [3.63, 3.8) is 0 Å². The lowest BCUT2D eigenvalue weighted by Crippen LogP contribution is -2.44. The molecule has 2 heterocycles. The number of benzene rings is 1. The molecule has 1 fully saturated rings. The first-order chi connectivity index (χ1) is 12.5. The van der Waals surface area contributed by atoms with Crippen LogP contribution in [0.5, 0.6) is 0 Å². The highest BCUT2D eigenvalue weighted by Gasteiger charge is 2.23. The SMILES string of the molecule is Cc1csc(=O)n1CC(=O)NC[C@H](c1ccc(F)cc1)N1CCOCC1. The molecule has 0 unspecified atom stereocenters. The lowest BCUT2D eigenvalue weighted by Gasteiger charge is -2.35. The molecule has 0 bridgehead atoms. The van der Waals surface area contributed by atoms with E-state index in [1.807, 2.05) is 0 Å². The lowest BCUT2D eigenvalue weighted by atomic mass is 10.0. The Labute approximate surface area is 155 Å². The molecule has 1 amide bonds. The number of halogens is 1. The molecule has 26 heavy (non-hydrogen) atoms. The number of carbonyl (C=O) groups excluding carboxylic acids is 1. The van der Waals surface area contributed by atoms with E-state index in [-0.39, 0.29) is 29.2 Å². The Kier molecular flexibility index (Phi) is 6.18. The van der Waals surface area contributed by atoms with Gasteiger partial charge in [-0.1, -0.05) is 23.5 Å². The van der Waals surface area contributed by atoms with Crippen LogP contribution >= 0.6 is 11.3 Å². The smallest absolute Gasteiger partial charge is 0.307 e. The fraction of sp³-hybridized carbons (Fsp3) is 0.444. The highest BCUT2D eigenvalue weighted by atomic mass is 32.1. The monoisotopic (exact) mass is 379 g/mol. The van der Waals surface area contributed by atoms with Crippen molar-refractivity contribution in [3.8, 4) is 0 Å². The zero-order valence-electron chi connectivity index (χ0n) is 14.6. The predicted molar refractivity (Wildman–Crippen MR) is 97.9 cm³/mol. The third kappa shape index (κ3) is 4.57. The van der Waals surface area contributed by atoms with Gasteiger partial charge < -0.3 is 10.1 Å². The number of carbonyl (C=O) groups is 1. The summed E-state index contributed by atoms with van der Waals surface area (Å²) in [5, 5.41) is 4.66. The topological polar surface area (TPSA) is 63.6 Å². The average molecular weight is 379 g/mol. The molecule has 0 saturated carbocycles. The molecule has 1 saturated heterocycles. The summed E-state index contributed by atoms with van der Waals surface area (Å²) in [6, 6.07) is 6.28. The number of nitrogens with one attached hydrogen (secondary N) is 1. The van der Waals surface area contributed by atoms with Gasteiger partial charge in [0.05, 0.1) is 19.3 Å². The van der Waals surface area contributed by atoms with E-state index in [9.17, 15) is 14.0 Å². The Balaban J connectivity index is 1.68. The van der Waals surface area contributed by atoms with Gasteiger partial charge in [-0.25, -0.2) is 4.39 Å². The Morgan fingerprint density at radius 3 is 2.62 bits per heavy atom. The zero-order valence-corrected chi connectivity index (χ0v) is 15.4. The number of morpholine rings is 1. The average Bonchev–Trinajstić information content (AvgIpc) is 2.96. The summed E-state index contributed by atoms with van der Waals surface area (Å²) >= 11 is 1.09. The van der Waals surface area contributed by atoms with Crippen molar-refractivity contribution in [1.82, 2.24) is 14.8 Å². The molecule has 1 aromatic heterocycles. The fourth-order valence-corrected chi connectivity index (χ4v) is 3.77. The first kappa shape index (κ1) is 18.8. The number of aryl methyl sites for hydroxylation is 1. The van der Waals surface area contributed by atoms with E-state index in [2.05, 4.69) is 10.2 Å². The van der Waals surface area contributed by atoms with Crippen molar-refractivity contribution in [3.05, 3.63) is 56.4 Å². The van der Waals surface area contributed by atoms with Crippen LogP contribution in [0, 0.1) is 12.7 Å². The van der Waals surface area contributed by atoms with Crippen LogP contribution in [0.4, 0.5) is 4.39 Å². The Hall–Kier alpha value is -2.03. The van der Waals surface area contributed by atoms with Crippen LogP contribution in [0.1, 0.15) is 17.3 Å². The summed E-state index contributed by atoms with van der Waals surface area (Å²) in [6.45, 7) is 4.97. The number of hydrogen-bond donors (Lipinski definition) is 1. The number of hydrogen-bond acceptors (Lipinski definition) is 5. The molecule has 8 heteroatoms. The maximum atomic E-state index is 13.3. The van der Waals surface area contributed by atoms with Gasteiger partial charge in [-0.3, -0.25) is 19.1 Å². The quantitative estimate of drug-likeness (QED) is 0.827. The second-order valence-electron chi connectivity index (χ2n) is 6.25. The van der Waals surface area contributed by atoms with E-state index in [1.165, 1.54) is 16.7 Å². The van der Waals surface area contributed by atoms with Crippen molar-refractivity contribution >= 4 is 17.2 Å². The van der Waals surface area contributed by atoms with Crippen molar-refractivity contribution in [1.29, 1.82) is 0 Å². The van der Waals surface area contributed by atoms with Crippen LogP contribution in [-0.2, 0) is 16.1 Å². The van der Waals surface area contributed by atoms with Crippen LogP contribution in [0.2, 0.25) is 0 Å². The molecule has 1 aromatic carbocycles. The van der Waals surface area contributed by atoms with E-state index in [4.69, 9.17) is 4.74 Å². The van der Waals surface area contributed by atoms with Gasteiger partial charge in [-0.15, -0.1) is 0 Å². The number of amides is 1. The van der Waals surface area contributed by atoms with Crippen molar-refractivity contribution in [2.45, 2.75) is 19.5 Å². The van der Waals surface area contributed by atoms with Gasteiger partial charge in [-0.05, 0) is 24.6 Å².